The summed E-state index contributed by atoms with van der Waals surface area (Å²) < 4.78 is 1.80. The van der Waals surface area contributed by atoms with Crippen LogP contribution in [0.15, 0.2) is 12.4 Å². The summed E-state index contributed by atoms with van der Waals surface area (Å²) >= 11 is 0. The Bertz CT molecular complexity index is 322. The highest BCUT2D eigenvalue weighted by Crippen LogP contribution is 2.13. The Morgan fingerprint density at radius 1 is 1.79 bits per heavy atom. The van der Waals surface area contributed by atoms with Gasteiger partial charge < -0.3 is 14.6 Å². The molecule has 0 spiro atoms. The Kier molecular flexibility index (Phi) is 3.11. The maximum Gasteiger partial charge on any atom is 0.326 e. The lowest BCUT2D eigenvalue weighted by Crippen LogP contribution is -2.39. The maximum absolute atomic E-state index is 10.9. The van der Waals surface area contributed by atoms with Crippen LogP contribution in [-0.2, 0) is 11.8 Å². The van der Waals surface area contributed by atoms with Gasteiger partial charge in [-0.05, 0) is 6.42 Å². The summed E-state index contributed by atoms with van der Waals surface area (Å²) in [5, 5.41) is 8.95. The molecular weight excluding hydrogens is 182 g/mol. The molecule has 1 N–H and O–H groups in total. The van der Waals surface area contributed by atoms with Gasteiger partial charge in [0.25, 0.3) is 0 Å². The first-order valence-corrected chi connectivity index (χ1v) is 4.50. The summed E-state index contributed by atoms with van der Waals surface area (Å²) in [6.45, 7) is 1.85. The van der Waals surface area contributed by atoms with Crippen molar-refractivity contribution in [2.45, 2.75) is 19.4 Å². The van der Waals surface area contributed by atoms with E-state index in [-0.39, 0.29) is 0 Å². The van der Waals surface area contributed by atoms with Crippen LogP contribution in [0.5, 0.6) is 0 Å². The topological polar surface area (TPSA) is 58.4 Å². The van der Waals surface area contributed by atoms with Crippen LogP contribution >= 0.6 is 0 Å². The normalized spacial score (nSPS) is 12.5. The van der Waals surface area contributed by atoms with E-state index in [1.165, 1.54) is 0 Å². The lowest BCUT2D eigenvalue weighted by atomic mass is 10.2. The molecule has 0 amide bonds. The smallest absolute Gasteiger partial charge is 0.326 e. The molecule has 0 radical (unpaired) electrons. The molecule has 0 aromatic carbocycles. The van der Waals surface area contributed by atoms with E-state index in [0.717, 1.165) is 0 Å². The van der Waals surface area contributed by atoms with Crippen molar-refractivity contribution in [3.05, 3.63) is 12.4 Å². The fraction of sp³-hybridized carbons (Fsp3) is 0.556. The highest BCUT2D eigenvalue weighted by Gasteiger charge is 2.22. The Labute approximate surface area is 83.0 Å². The van der Waals surface area contributed by atoms with E-state index in [9.17, 15) is 4.79 Å². The van der Waals surface area contributed by atoms with Gasteiger partial charge in [0.05, 0.1) is 0 Å². The number of carboxylic acids is 1. The molecular formula is C9H15N3O2. The monoisotopic (exact) mass is 197 g/mol. The van der Waals surface area contributed by atoms with E-state index in [0.29, 0.717) is 12.4 Å². The molecule has 1 rings (SSSR count). The Balaban J connectivity index is 2.88. The zero-order valence-corrected chi connectivity index (χ0v) is 8.64. The molecule has 1 unspecified atom stereocenters. The van der Waals surface area contributed by atoms with Gasteiger partial charge in [-0.25, -0.2) is 9.78 Å². The summed E-state index contributed by atoms with van der Waals surface area (Å²) in [6, 6.07) is -0.518. The molecule has 1 atom stereocenters. The number of aryl methyl sites for hydroxylation is 1. The van der Waals surface area contributed by atoms with Gasteiger partial charge in [-0.15, -0.1) is 0 Å². The molecule has 1 heterocycles. The van der Waals surface area contributed by atoms with E-state index in [4.69, 9.17) is 5.11 Å². The lowest BCUT2D eigenvalue weighted by Gasteiger charge is -2.24. The van der Waals surface area contributed by atoms with E-state index in [1.807, 2.05) is 14.0 Å². The van der Waals surface area contributed by atoms with E-state index in [1.54, 1.807) is 28.9 Å². The second-order valence-corrected chi connectivity index (χ2v) is 3.21. The quantitative estimate of drug-likeness (QED) is 0.772. The number of anilines is 1. The van der Waals surface area contributed by atoms with Crippen LogP contribution in [0.25, 0.3) is 0 Å². The number of imidazole rings is 1. The third kappa shape index (κ3) is 1.86. The second-order valence-electron chi connectivity index (χ2n) is 3.21. The zero-order chi connectivity index (χ0) is 10.7. The number of carbonyl (C=O) groups is 1. The van der Waals surface area contributed by atoms with Crippen LogP contribution in [0, 0.1) is 0 Å². The van der Waals surface area contributed by atoms with Crippen molar-refractivity contribution in [1.29, 1.82) is 0 Å². The zero-order valence-electron chi connectivity index (χ0n) is 8.64. The molecule has 0 aliphatic carbocycles. The van der Waals surface area contributed by atoms with Gasteiger partial charge in [0.2, 0.25) is 5.95 Å². The number of hydrogen-bond donors (Lipinski definition) is 1. The average molecular weight is 197 g/mol. The number of rotatable bonds is 4. The number of aromatic nitrogens is 2. The summed E-state index contributed by atoms with van der Waals surface area (Å²) in [5.41, 5.74) is 0. The molecule has 5 nitrogen and oxygen atoms in total. The van der Waals surface area contributed by atoms with Crippen LogP contribution in [0.2, 0.25) is 0 Å². The second kappa shape index (κ2) is 4.13. The molecule has 0 fully saturated rings. The molecule has 0 aliphatic rings. The molecule has 0 bridgehead atoms. The molecule has 1 aromatic heterocycles. The van der Waals surface area contributed by atoms with Crippen molar-refractivity contribution < 1.29 is 9.90 Å². The molecule has 0 saturated carbocycles. The van der Waals surface area contributed by atoms with Crippen LogP contribution in [-0.4, -0.2) is 33.7 Å². The van der Waals surface area contributed by atoms with E-state index < -0.39 is 12.0 Å². The van der Waals surface area contributed by atoms with Crippen LogP contribution in [0.3, 0.4) is 0 Å². The van der Waals surface area contributed by atoms with Gasteiger partial charge in [0.1, 0.15) is 6.04 Å². The van der Waals surface area contributed by atoms with Crippen molar-refractivity contribution >= 4 is 11.9 Å². The highest BCUT2D eigenvalue weighted by atomic mass is 16.4. The van der Waals surface area contributed by atoms with Crippen LogP contribution < -0.4 is 4.90 Å². The molecule has 0 saturated heterocycles. The first kappa shape index (κ1) is 10.6. The lowest BCUT2D eigenvalue weighted by molar-refractivity contribution is -0.138. The maximum atomic E-state index is 10.9. The predicted molar refractivity (Wildman–Crippen MR) is 53.3 cm³/mol. The van der Waals surface area contributed by atoms with E-state index >= 15 is 0 Å². The van der Waals surface area contributed by atoms with Gasteiger partial charge in [0.15, 0.2) is 0 Å². The average Bonchev–Trinajstić information content (AvgIpc) is 2.51. The highest BCUT2D eigenvalue weighted by molar-refractivity contribution is 5.77. The van der Waals surface area contributed by atoms with Crippen molar-refractivity contribution in [2.24, 2.45) is 7.05 Å². The number of aliphatic carboxylic acids is 1. The predicted octanol–water partition coefficient (Wildman–Crippen LogP) is 0.719. The van der Waals surface area contributed by atoms with Gasteiger partial charge >= 0.3 is 5.97 Å². The molecule has 1 aromatic rings. The molecule has 14 heavy (non-hydrogen) atoms. The van der Waals surface area contributed by atoms with Gasteiger partial charge in [-0.3, -0.25) is 0 Å². The van der Waals surface area contributed by atoms with Crippen molar-refractivity contribution in [3.8, 4) is 0 Å². The summed E-state index contributed by atoms with van der Waals surface area (Å²) in [4.78, 5) is 16.7. The Morgan fingerprint density at radius 2 is 2.43 bits per heavy atom. The summed E-state index contributed by atoms with van der Waals surface area (Å²) in [7, 11) is 3.58. The van der Waals surface area contributed by atoms with Crippen molar-refractivity contribution in [1.82, 2.24) is 9.55 Å². The van der Waals surface area contributed by atoms with Crippen molar-refractivity contribution in [3.63, 3.8) is 0 Å². The first-order valence-electron chi connectivity index (χ1n) is 4.50. The van der Waals surface area contributed by atoms with Gasteiger partial charge in [-0.2, -0.15) is 0 Å². The van der Waals surface area contributed by atoms with Gasteiger partial charge in [-0.1, -0.05) is 6.92 Å². The standard InChI is InChI=1S/C9H15N3O2/c1-4-7(8(13)14)12(3)9-10-5-6-11(9)2/h5-7H,4H2,1-3H3,(H,13,14). The SMILES string of the molecule is CCC(C(=O)O)N(C)c1nccn1C. The largest absolute Gasteiger partial charge is 0.480 e. The Morgan fingerprint density at radius 3 is 2.79 bits per heavy atom. The fourth-order valence-electron chi connectivity index (χ4n) is 1.45. The number of carboxylic acid groups (broad SMARTS) is 1. The minimum Gasteiger partial charge on any atom is -0.480 e. The fourth-order valence-corrected chi connectivity index (χ4v) is 1.45. The van der Waals surface area contributed by atoms with Crippen LogP contribution in [0.4, 0.5) is 5.95 Å². The molecule has 5 heteroatoms. The van der Waals surface area contributed by atoms with Crippen LogP contribution in [0.1, 0.15) is 13.3 Å². The first-order chi connectivity index (χ1) is 6.57. The molecule has 0 aliphatic heterocycles. The third-order valence-electron chi connectivity index (χ3n) is 2.25. The van der Waals surface area contributed by atoms with Gasteiger partial charge in [0, 0.05) is 26.5 Å². The number of hydrogen-bond acceptors (Lipinski definition) is 3. The summed E-state index contributed by atoms with van der Waals surface area (Å²) in [6.07, 6.45) is 4.00. The molecule has 78 valence electrons. The van der Waals surface area contributed by atoms with Crippen molar-refractivity contribution in [2.75, 3.05) is 11.9 Å². The Hall–Kier alpha value is -1.52. The van der Waals surface area contributed by atoms with E-state index in [2.05, 4.69) is 4.98 Å². The minimum absolute atomic E-state index is 0.518. The minimum atomic E-state index is -0.821. The summed E-state index contributed by atoms with van der Waals surface area (Å²) in [5.74, 6) is -0.155. The number of likely N-dealkylation sites (N-methyl/N-ethyl adjacent to an activating group) is 1. The third-order valence-corrected chi connectivity index (χ3v) is 2.25. The number of nitrogens with zero attached hydrogens (tertiary/aromatic N) is 3.